The Balaban J connectivity index is 1.90. The van der Waals surface area contributed by atoms with Crippen molar-refractivity contribution in [2.75, 3.05) is 26.8 Å². The minimum atomic E-state index is -0.0801. The molecule has 1 aliphatic heterocycles. The van der Waals surface area contributed by atoms with Crippen molar-refractivity contribution in [3.63, 3.8) is 0 Å². The van der Waals surface area contributed by atoms with Crippen LogP contribution in [0.25, 0.3) is 0 Å². The number of aromatic nitrogens is 2. The molecule has 0 spiro atoms. The van der Waals surface area contributed by atoms with Crippen molar-refractivity contribution in [1.29, 1.82) is 0 Å². The molecule has 0 radical (unpaired) electrons. The van der Waals surface area contributed by atoms with Crippen molar-refractivity contribution >= 4 is 5.91 Å². The Morgan fingerprint density at radius 3 is 3.16 bits per heavy atom. The molecule has 106 valence electrons. The molecule has 2 unspecified atom stereocenters. The summed E-state index contributed by atoms with van der Waals surface area (Å²) in [6.07, 6.45) is 4.60. The monoisotopic (exact) mass is 266 g/mol. The molecule has 6 nitrogen and oxygen atoms in total. The lowest BCUT2D eigenvalue weighted by Gasteiger charge is -2.24. The lowest BCUT2D eigenvalue weighted by molar-refractivity contribution is -0.135. The van der Waals surface area contributed by atoms with Gasteiger partial charge in [0, 0.05) is 31.4 Å². The summed E-state index contributed by atoms with van der Waals surface area (Å²) in [5, 5.41) is 10.0. The lowest BCUT2D eigenvalue weighted by atomic mass is 10.0. The number of rotatable bonds is 6. The van der Waals surface area contributed by atoms with Crippen LogP contribution in [0.4, 0.5) is 0 Å². The molecular weight excluding hydrogens is 244 g/mol. The van der Waals surface area contributed by atoms with E-state index in [1.54, 1.807) is 11.1 Å². The van der Waals surface area contributed by atoms with Gasteiger partial charge < -0.3 is 15.0 Å². The van der Waals surface area contributed by atoms with Gasteiger partial charge in [0.25, 0.3) is 0 Å². The van der Waals surface area contributed by atoms with Crippen molar-refractivity contribution in [2.24, 2.45) is 5.92 Å². The smallest absolute Gasteiger partial charge is 0.229 e. The van der Waals surface area contributed by atoms with Gasteiger partial charge >= 0.3 is 0 Å². The predicted molar refractivity (Wildman–Crippen MR) is 71.5 cm³/mol. The zero-order chi connectivity index (χ0) is 13.7. The van der Waals surface area contributed by atoms with Gasteiger partial charge in [-0.2, -0.15) is 5.10 Å². The van der Waals surface area contributed by atoms with Gasteiger partial charge in [-0.1, -0.05) is 6.92 Å². The fraction of sp³-hybridized carbons (Fsp3) is 0.692. The van der Waals surface area contributed by atoms with E-state index in [2.05, 4.69) is 22.4 Å². The first kappa shape index (κ1) is 14.0. The van der Waals surface area contributed by atoms with Crippen LogP contribution >= 0.6 is 0 Å². The van der Waals surface area contributed by atoms with Crippen LogP contribution in [0.3, 0.4) is 0 Å². The number of nitrogens with one attached hydrogen (secondary N) is 2. The Morgan fingerprint density at radius 2 is 2.47 bits per heavy atom. The Hall–Kier alpha value is -1.40. The largest absolute Gasteiger partial charge is 0.379 e. The molecule has 2 N–H and O–H groups in total. The van der Waals surface area contributed by atoms with E-state index in [-0.39, 0.29) is 17.9 Å². The third-order valence-electron chi connectivity index (χ3n) is 3.41. The molecule has 19 heavy (non-hydrogen) atoms. The molecule has 1 aromatic heterocycles. The third-order valence-corrected chi connectivity index (χ3v) is 3.41. The Bertz CT molecular complexity index is 393. The summed E-state index contributed by atoms with van der Waals surface area (Å²) in [5.41, 5.74) is 1.01. The number of carbonyl (C=O) groups excluding carboxylic acids is 1. The summed E-state index contributed by atoms with van der Waals surface area (Å²) in [7, 11) is 1.82. The van der Waals surface area contributed by atoms with Crippen LogP contribution < -0.4 is 5.32 Å². The van der Waals surface area contributed by atoms with Gasteiger partial charge in [-0.05, 0) is 13.0 Å². The highest BCUT2D eigenvalue weighted by Gasteiger charge is 2.35. The predicted octanol–water partition coefficient (Wildman–Crippen LogP) is 0.383. The summed E-state index contributed by atoms with van der Waals surface area (Å²) in [6.45, 7) is 4.74. The molecule has 2 rings (SSSR count). The van der Waals surface area contributed by atoms with Crippen LogP contribution in [0, 0.1) is 5.92 Å². The van der Waals surface area contributed by atoms with Crippen molar-refractivity contribution in [2.45, 2.75) is 25.9 Å². The van der Waals surface area contributed by atoms with Crippen LogP contribution in [0.15, 0.2) is 12.4 Å². The molecule has 1 saturated heterocycles. The second-order valence-corrected chi connectivity index (χ2v) is 5.01. The van der Waals surface area contributed by atoms with E-state index in [4.69, 9.17) is 4.74 Å². The van der Waals surface area contributed by atoms with Crippen molar-refractivity contribution in [3.8, 4) is 0 Å². The number of nitrogens with zero attached hydrogens (tertiary/aromatic N) is 2. The number of amides is 1. The maximum Gasteiger partial charge on any atom is 0.229 e. The van der Waals surface area contributed by atoms with Gasteiger partial charge in [0.15, 0.2) is 0 Å². The maximum atomic E-state index is 12.4. The summed E-state index contributed by atoms with van der Waals surface area (Å²) >= 11 is 0. The first-order chi connectivity index (χ1) is 9.22. The molecule has 6 heteroatoms. The number of hydrogen-bond donors (Lipinski definition) is 2. The number of carbonyl (C=O) groups is 1. The first-order valence-corrected chi connectivity index (χ1v) is 6.76. The van der Waals surface area contributed by atoms with Crippen molar-refractivity contribution in [1.82, 2.24) is 20.4 Å². The maximum absolute atomic E-state index is 12.4. The normalized spacial score (nSPS) is 22.6. The topological polar surface area (TPSA) is 70.2 Å². The summed E-state index contributed by atoms with van der Waals surface area (Å²) in [5.74, 6) is 0.0516. The van der Waals surface area contributed by atoms with Gasteiger partial charge in [-0.25, -0.2) is 0 Å². The van der Waals surface area contributed by atoms with E-state index < -0.39 is 0 Å². The molecule has 1 aromatic rings. The average molecular weight is 266 g/mol. The SMILES string of the molecule is CCCNC1COCC1C(=O)N(C)Cc1cn[nH]c1. The quantitative estimate of drug-likeness (QED) is 0.781. The zero-order valence-corrected chi connectivity index (χ0v) is 11.6. The molecule has 2 atom stereocenters. The summed E-state index contributed by atoms with van der Waals surface area (Å²) in [6, 6.07) is 0.138. The Labute approximate surface area is 113 Å². The molecule has 1 amide bonds. The summed E-state index contributed by atoms with van der Waals surface area (Å²) < 4.78 is 5.44. The standard InChI is InChI=1S/C13H22N4O2/c1-3-4-14-12-9-19-8-11(12)13(18)17(2)7-10-5-15-16-6-10/h5-6,11-12,14H,3-4,7-9H2,1-2H3,(H,15,16). The molecule has 0 aromatic carbocycles. The highest BCUT2D eigenvalue weighted by atomic mass is 16.5. The Kier molecular flexibility index (Phi) is 4.93. The van der Waals surface area contributed by atoms with E-state index in [1.165, 1.54) is 0 Å². The molecule has 0 saturated carbocycles. The second kappa shape index (κ2) is 6.68. The van der Waals surface area contributed by atoms with E-state index in [0.717, 1.165) is 18.5 Å². The number of aromatic amines is 1. The third kappa shape index (κ3) is 3.54. The minimum absolute atomic E-state index is 0.0801. The Morgan fingerprint density at radius 1 is 1.63 bits per heavy atom. The molecule has 0 aliphatic carbocycles. The van der Waals surface area contributed by atoms with Gasteiger partial charge in [0.2, 0.25) is 5.91 Å². The fourth-order valence-corrected chi connectivity index (χ4v) is 2.33. The summed E-state index contributed by atoms with van der Waals surface area (Å²) in [4.78, 5) is 14.2. The molecular formula is C13H22N4O2. The number of ether oxygens (including phenoxy) is 1. The van der Waals surface area contributed by atoms with Gasteiger partial charge in [0.05, 0.1) is 25.3 Å². The van der Waals surface area contributed by atoms with E-state index in [9.17, 15) is 4.79 Å². The first-order valence-electron chi connectivity index (χ1n) is 6.76. The van der Waals surface area contributed by atoms with Gasteiger partial charge in [0.1, 0.15) is 0 Å². The van der Waals surface area contributed by atoms with Gasteiger partial charge in [-0.3, -0.25) is 9.89 Å². The average Bonchev–Trinajstić information content (AvgIpc) is 3.06. The van der Waals surface area contributed by atoms with Crippen molar-refractivity contribution in [3.05, 3.63) is 18.0 Å². The molecule has 1 fully saturated rings. The zero-order valence-electron chi connectivity index (χ0n) is 11.6. The highest BCUT2D eigenvalue weighted by molar-refractivity contribution is 5.79. The van der Waals surface area contributed by atoms with E-state index in [1.807, 2.05) is 13.2 Å². The van der Waals surface area contributed by atoms with Crippen LogP contribution in [0.1, 0.15) is 18.9 Å². The second-order valence-electron chi connectivity index (χ2n) is 5.01. The van der Waals surface area contributed by atoms with Gasteiger partial charge in [-0.15, -0.1) is 0 Å². The van der Waals surface area contributed by atoms with E-state index in [0.29, 0.717) is 19.8 Å². The number of H-pyrrole nitrogens is 1. The van der Waals surface area contributed by atoms with Crippen LogP contribution in [0.2, 0.25) is 0 Å². The fourth-order valence-electron chi connectivity index (χ4n) is 2.33. The molecule has 2 heterocycles. The number of hydrogen-bond acceptors (Lipinski definition) is 4. The van der Waals surface area contributed by atoms with E-state index >= 15 is 0 Å². The van der Waals surface area contributed by atoms with Crippen molar-refractivity contribution < 1.29 is 9.53 Å². The molecule has 1 aliphatic rings. The van der Waals surface area contributed by atoms with Crippen LogP contribution in [-0.2, 0) is 16.1 Å². The highest BCUT2D eigenvalue weighted by Crippen LogP contribution is 2.17. The molecule has 0 bridgehead atoms. The van der Waals surface area contributed by atoms with Crippen LogP contribution in [0.5, 0.6) is 0 Å². The lowest BCUT2D eigenvalue weighted by Crippen LogP contribution is -2.44. The minimum Gasteiger partial charge on any atom is -0.379 e. The van der Waals surface area contributed by atoms with Crippen LogP contribution in [-0.4, -0.2) is 53.9 Å².